The van der Waals surface area contributed by atoms with Gasteiger partial charge in [-0.05, 0) is 13.8 Å². The molecule has 0 aromatic rings. The first-order valence-electron chi connectivity index (χ1n) is 3.80. The minimum absolute atomic E-state index is 0.975. The molecule has 2 unspecified atom stereocenters. The molecule has 0 aromatic carbocycles. The minimum atomic E-state index is -2.17. The number of carboxylic acid groups (broad SMARTS) is 2. The number of alkyl halides is 2. The van der Waals surface area contributed by atoms with E-state index in [2.05, 4.69) is 0 Å². The summed E-state index contributed by atoms with van der Waals surface area (Å²) in [6, 6.07) is 0. The molecule has 0 spiro atoms. The zero-order valence-electron chi connectivity index (χ0n) is 8.54. The van der Waals surface area contributed by atoms with Crippen LogP contribution < -0.4 is 0 Å². The third kappa shape index (κ3) is 38.6. The SMILES string of the molecule is CC(F)C(=O)O.CC(F)C(=O)O.OB(O)O. The minimum Gasteiger partial charge on any atom is -0.479 e. The van der Waals surface area contributed by atoms with Crippen LogP contribution in [0.1, 0.15) is 13.8 Å². The van der Waals surface area contributed by atoms with Crippen molar-refractivity contribution in [2.45, 2.75) is 26.2 Å². The molecule has 0 aliphatic heterocycles. The molecule has 7 nitrogen and oxygen atoms in total. The number of carboxylic acids is 2. The van der Waals surface area contributed by atoms with Crippen molar-refractivity contribution in [2.24, 2.45) is 0 Å². The number of carbonyl (C=O) groups is 2. The quantitative estimate of drug-likeness (QED) is 0.386. The lowest BCUT2D eigenvalue weighted by Gasteiger charge is -1.85. The van der Waals surface area contributed by atoms with Gasteiger partial charge in [-0.15, -0.1) is 0 Å². The number of hydrogen-bond donors (Lipinski definition) is 5. The summed E-state index contributed by atoms with van der Waals surface area (Å²) in [7, 11) is -2.17. The number of rotatable bonds is 2. The van der Waals surface area contributed by atoms with E-state index in [1.165, 1.54) is 0 Å². The van der Waals surface area contributed by atoms with E-state index >= 15 is 0 Å². The summed E-state index contributed by atoms with van der Waals surface area (Å²) in [4.78, 5) is 18.6. The highest BCUT2D eigenvalue weighted by Crippen LogP contribution is 1.83. The Labute approximate surface area is 90.1 Å². The van der Waals surface area contributed by atoms with Gasteiger partial charge < -0.3 is 25.3 Å². The molecule has 0 heterocycles. The lowest BCUT2D eigenvalue weighted by molar-refractivity contribution is -0.142. The van der Waals surface area contributed by atoms with Crippen molar-refractivity contribution < 1.29 is 43.7 Å². The van der Waals surface area contributed by atoms with Gasteiger partial charge in [0.25, 0.3) is 0 Å². The van der Waals surface area contributed by atoms with E-state index in [0.29, 0.717) is 0 Å². The van der Waals surface area contributed by atoms with Gasteiger partial charge in [-0.2, -0.15) is 0 Å². The van der Waals surface area contributed by atoms with E-state index in [1.807, 2.05) is 0 Å². The molecule has 0 bridgehead atoms. The molecule has 0 rings (SSSR count). The average Bonchev–Trinajstić information content (AvgIpc) is 2.03. The average molecular weight is 246 g/mol. The van der Waals surface area contributed by atoms with E-state index in [1.54, 1.807) is 0 Å². The van der Waals surface area contributed by atoms with Gasteiger partial charge in [0.1, 0.15) is 0 Å². The lowest BCUT2D eigenvalue weighted by Crippen LogP contribution is -2.08. The fraction of sp³-hybridized carbons (Fsp3) is 0.667. The van der Waals surface area contributed by atoms with Gasteiger partial charge in [0.2, 0.25) is 0 Å². The van der Waals surface area contributed by atoms with Crippen LogP contribution in [-0.2, 0) is 9.59 Å². The van der Waals surface area contributed by atoms with Gasteiger partial charge in [-0.25, -0.2) is 18.4 Å². The summed E-state index contributed by atoms with van der Waals surface area (Å²) in [6.07, 6.45) is -3.46. The van der Waals surface area contributed by atoms with Gasteiger partial charge in [0, 0.05) is 0 Å². The smallest absolute Gasteiger partial charge is 0.479 e. The Balaban J connectivity index is -0.000000162. The van der Waals surface area contributed by atoms with Crippen LogP contribution in [0.25, 0.3) is 0 Å². The molecule has 0 saturated carbocycles. The molecule has 0 aliphatic rings. The third-order valence-electron chi connectivity index (χ3n) is 0.681. The lowest BCUT2D eigenvalue weighted by atomic mass is 10.3. The summed E-state index contributed by atoms with van der Waals surface area (Å²) in [5.41, 5.74) is 0. The Morgan fingerprint density at radius 3 is 1.00 bits per heavy atom. The molecule has 0 radical (unpaired) electrons. The predicted molar refractivity (Wildman–Crippen MR) is 48.8 cm³/mol. The standard InChI is InChI=1S/2C3H5FO2.BH3O3/c2*1-2(4)3(5)6;2-1(3)4/h2*2H,1H3,(H,5,6);2-4H. The van der Waals surface area contributed by atoms with Crippen LogP contribution in [0.2, 0.25) is 0 Å². The molecule has 10 heteroatoms. The van der Waals surface area contributed by atoms with Crippen molar-refractivity contribution in [3.8, 4) is 0 Å². The Kier molecular flexibility index (Phi) is 14.9. The number of hydrogen-bond acceptors (Lipinski definition) is 5. The normalized spacial score (nSPS) is 11.9. The largest absolute Gasteiger partial charge is 0.631 e. The second-order valence-corrected chi connectivity index (χ2v) is 2.25. The summed E-state index contributed by atoms with van der Waals surface area (Å²) < 4.78 is 22.4. The van der Waals surface area contributed by atoms with E-state index in [9.17, 15) is 18.4 Å². The zero-order valence-corrected chi connectivity index (χ0v) is 8.54. The Morgan fingerprint density at radius 2 is 1.00 bits per heavy atom. The van der Waals surface area contributed by atoms with Crippen molar-refractivity contribution in [1.29, 1.82) is 0 Å². The maximum Gasteiger partial charge on any atom is 0.631 e. The van der Waals surface area contributed by atoms with Crippen LogP contribution in [0.5, 0.6) is 0 Å². The van der Waals surface area contributed by atoms with Crippen LogP contribution in [0, 0.1) is 0 Å². The van der Waals surface area contributed by atoms with Crippen LogP contribution in [0.4, 0.5) is 8.78 Å². The van der Waals surface area contributed by atoms with Crippen molar-refractivity contribution in [1.82, 2.24) is 0 Å². The fourth-order valence-electron chi connectivity index (χ4n) is 0. The third-order valence-corrected chi connectivity index (χ3v) is 0.681. The maximum absolute atomic E-state index is 11.2. The first kappa shape index (κ1) is 20.2. The molecule has 2 atom stereocenters. The van der Waals surface area contributed by atoms with Crippen LogP contribution in [0.3, 0.4) is 0 Å². The van der Waals surface area contributed by atoms with Crippen LogP contribution in [0.15, 0.2) is 0 Å². The van der Waals surface area contributed by atoms with E-state index in [-0.39, 0.29) is 0 Å². The summed E-state index contributed by atoms with van der Waals surface area (Å²) in [5, 5.41) is 36.7. The van der Waals surface area contributed by atoms with Crippen LogP contribution >= 0.6 is 0 Å². The molecule has 96 valence electrons. The van der Waals surface area contributed by atoms with Crippen molar-refractivity contribution >= 4 is 19.3 Å². The van der Waals surface area contributed by atoms with E-state index in [0.717, 1.165) is 13.8 Å². The summed E-state index contributed by atoms with van der Waals surface area (Å²) in [6.45, 7) is 1.95. The predicted octanol–water partition coefficient (Wildman–Crippen LogP) is -1.19. The molecule has 0 aromatic heterocycles. The number of halogens is 2. The number of aliphatic carboxylic acids is 2. The van der Waals surface area contributed by atoms with Gasteiger partial charge in [-0.1, -0.05) is 0 Å². The van der Waals surface area contributed by atoms with Crippen LogP contribution in [-0.4, -0.2) is 56.9 Å². The second kappa shape index (κ2) is 11.8. The monoisotopic (exact) mass is 246 g/mol. The highest BCUT2D eigenvalue weighted by atomic mass is 19.1. The van der Waals surface area contributed by atoms with Gasteiger partial charge in [0.05, 0.1) is 0 Å². The van der Waals surface area contributed by atoms with Gasteiger partial charge >= 0.3 is 19.3 Å². The Hall–Kier alpha value is -1.26. The second-order valence-electron chi connectivity index (χ2n) is 2.25. The van der Waals surface area contributed by atoms with Gasteiger partial charge in [0.15, 0.2) is 12.3 Å². The Morgan fingerprint density at radius 1 is 0.938 bits per heavy atom. The van der Waals surface area contributed by atoms with Crippen molar-refractivity contribution in [2.75, 3.05) is 0 Å². The molecule has 0 saturated heterocycles. The highest BCUT2D eigenvalue weighted by molar-refractivity contribution is 6.30. The van der Waals surface area contributed by atoms with E-state index < -0.39 is 31.6 Å². The van der Waals surface area contributed by atoms with E-state index in [4.69, 9.17) is 25.3 Å². The molecule has 0 amide bonds. The molecule has 0 fully saturated rings. The Bertz CT molecular complexity index is 177. The molecular weight excluding hydrogens is 233 g/mol. The fourth-order valence-corrected chi connectivity index (χ4v) is 0. The zero-order chi connectivity index (χ0) is 13.9. The topological polar surface area (TPSA) is 135 Å². The molecule has 5 N–H and O–H groups in total. The summed E-state index contributed by atoms with van der Waals surface area (Å²) in [5.74, 6) is -2.81. The summed E-state index contributed by atoms with van der Waals surface area (Å²) >= 11 is 0. The van der Waals surface area contributed by atoms with Crippen molar-refractivity contribution in [3.05, 3.63) is 0 Å². The first-order valence-corrected chi connectivity index (χ1v) is 3.80. The van der Waals surface area contributed by atoms with Crippen molar-refractivity contribution in [3.63, 3.8) is 0 Å². The maximum atomic E-state index is 11.2. The molecular formula is C6H13BF2O7. The molecule has 16 heavy (non-hydrogen) atoms. The highest BCUT2D eigenvalue weighted by Gasteiger charge is 2.05. The first-order chi connectivity index (χ1) is 7.02. The molecule has 0 aliphatic carbocycles. The van der Waals surface area contributed by atoms with Gasteiger partial charge in [-0.3, -0.25) is 0 Å².